The molecule has 0 aromatic carbocycles. The Bertz CT molecular complexity index is 636. The number of aryl methyl sites for hydroxylation is 1. The lowest BCUT2D eigenvalue weighted by Gasteiger charge is -2.41. The zero-order valence-corrected chi connectivity index (χ0v) is 12.7. The number of carbonyl (C=O) groups is 1. The Morgan fingerprint density at radius 3 is 2.35 bits per heavy atom. The molecule has 7 heteroatoms. The molecule has 6 nitrogen and oxygen atoms in total. The Hall–Kier alpha value is -1.34. The van der Waals surface area contributed by atoms with Gasteiger partial charge in [-0.25, -0.2) is 17.9 Å². The quantitative estimate of drug-likeness (QED) is 0.773. The zero-order chi connectivity index (χ0) is 15.1. The van der Waals surface area contributed by atoms with Crippen LogP contribution in [0.4, 0.5) is 0 Å². The van der Waals surface area contributed by atoms with Crippen molar-refractivity contribution in [3.8, 4) is 0 Å². The lowest BCUT2D eigenvalue weighted by molar-refractivity contribution is 0.0690. The number of sulfonamides is 1. The van der Waals surface area contributed by atoms with Crippen molar-refractivity contribution >= 4 is 16.0 Å². The van der Waals surface area contributed by atoms with Crippen LogP contribution in [0.2, 0.25) is 0 Å². The van der Waals surface area contributed by atoms with Gasteiger partial charge in [-0.05, 0) is 39.5 Å². The molecule has 1 aliphatic carbocycles. The van der Waals surface area contributed by atoms with E-state index in [-0.39, 0.29) is 21.7 Å². The lowest BCUT2D eigenvalue weighted by atomic mass is 9.76. The molecule has 20 heavy (non-hydrogen) atoms. The molecule has 1 saturated carbocycles. The summed E-state index contributed by atoms with van der Waals surface area (Å²) in [5.41, 5.74) is 0.186. The van der Waals surface area contributed by atoms with Gasteiger partial charge in [0.25, 0.3) is 0 Å². The maximum absolute atomic E-state index is 12.6. The van der Waals surface area contributed by atoms with Gasteiger partial charge in [0.1, 0.15) is 10.6 Å². The number of aromatic amines is 1. The molecule has 0 atom stereocenters. The van der Waals surface area contributed by atoms with Gasteiger partial charge in [0, 0.05) is 16.8 Å². The molecule has 0 radical (unpaired) electrons. The van der Waals surface area contributed by atoms with E-state index in [1.165, 1.54) is 6.92 Å². The van der Waals surface area contributed by atoms with Crippen LogP contribution in [-0.4, -0.2) is 30.0 Å². The minimum absolute atomic E-state index is 0.0645. The van der Waals surface area contributed by atoms with Gasteiger partial charge in [-0.2, -0.15) is 0 Å². The van der Waals surface area contributed by atoms with E-state index >= 15 is 0 Å². The first-order valence-electron chi connectivity index (χ1n) is 6.69. The number of H-pyrrole nitrogens is 1. The van der Waals surface area contributed by atoms with Crippen molar-refractivity contribution in [3.63, 3.8) is 0 Å². The van der Waals surface area contributed by atoms with Crippen molar-refractivity contribution in [1.82, 2.24) is 9.71 Å². The molecule has 0 aliphatic heterocycles. The maximum atomic E-state index is 12.6. The monoisotopic (exact) mass is 300 g/mol. The van der Waals surface area contributed by atoms with E-state index in [4.69, 9.17) is 5.11 Å². The minimum atomic E-state index is -3.71. The molecule has 3 N–H and O–H groups in total. The number of hydrogen-bond acceptors (Lipinski definition) is 3. The first-order chi connectivity index (χ1) is 9.22. The summed E-state index contributed by atoms with van der Waals surface area (Å²) in [4.78, 5) is 13.8. The first-order valence-corrected chi connectivity index (χ1v) is 8.17. The molecular weight excluding hydrogens is 280 g/mol. The molecule has 0 saturated heterocycles. The SMILES string of the molecule is CCC1(NS(=O)(=O)c2c(C)[nH]c(C(=O)O)c2C)CCC1. The average molecular weight is 300 g/mol. The van der Waals surface area contributed by atoms with Crippen LogP contribution in [0, 0.1) is 13.8 Å². The Kier molecular flexibility index (Phi) is 3.68. The second-order valence-corrected chi connectivity index (χ2v) is 7.10. The second kappa shape index (κ2) is 4.89. The fourth-order valence-corrected chi connectivity index (χ4v) is 4.80. The third-order valence-corrected chi connectivity index (χ3v) is 6.04. The second-order valence-electron chi connectivity index (χ2n) is 5.48. The summed E-state index contributed by atoms with van der Waals surface area (Å²) in [5, 5.41) is 9.06. The van der Waals surface area contributed by atoms with Gasteiger partial charge in [-0.1, -0.05) is 6.92 Å². The van der Waals surface area contributed by atoms with Gasteiger partial charge < -0.3 is 10.1 Å². The maximum Gasteiger partial charge on any atom is 0.352 e. The number of hydrogen-bond donors (Lipinski definition) is 3. The molecule has 1 aliphatic rings. The highest BCUT2D eigenvalue weighted by Crippen LogP contribution is 2.37. The Balaban J connectivity index is 2.42. The van der Waals surface area contributed by atoms with E-state index in [2.05, 4.69) is 9.71 Å². The van der Waals surface area contributed by atoms with Gasteiger partial charge in [0.05, 0.1) is 0 Å². The predicted octanol–water partition coefficient (Wildman–Crippen LogP) is 1.94. The van der Waals surface area contributed by atoms with E-state index in [1.807, 2.05) is 6.92 Å². The lowest BCUT2D eigenvalue weighted by Crippen LogP contribution is -2.52. The number of rotatable bonds is 5. The summed E-state index contributed by atoms with van der Waals surface area (Å²) in [5.74, 6) is -1.15. The Labute approximate surface area is 118 Å². The van der Waals surface area contributed by atoms with Gasteiger partial charge in [-0.3, -0.25) is 0 Å². The summed E-state index contributed by atoms with van der Waals surface area (Å²) in [7, 11) is -3.71. The van der Waals surface area contributed by atoms with E-state index in [0.717, 1.165) is 25.7 Å². The average Bonchev–Trinajstić information content (AvgIpc) is 2.60. The highest BCUT2D eigenvalue weighted by Gasteiger charge is 2.40. The molecule has 0 bridgehead atoms. The number of nitrogens with one attached hydrogen (secondary N) is 2. The molecule has 0 spiro atoms. The van der Waals surface area contributed by atoms with Gasteiger partial charge in [0.2, 0.25) is 10.0 Å². The highest BCUT2D eigenvalue weighted by atomic mass is 32.2. The topological polar surface area (TPSA) is 99.3 Å². The van der Waals surface area contributed by atoms with Crippen molar-refractivity contribution in [2.75, 3.05) is 0 Å². The third kappa shape index (κ3) is 2.35. The van der Waals surface area contributed by atoms with E-state index in [0.29, 0.717) is 5.69 Å². The van der Waals surface area contributed by atoms with Gasteiger partial charge >= 0.3 is 5.97 Å². The summed E-state index contributed by atoms with van der Waals surface area (Å²) < 4.78 is 27.9. The summed E-state index contributed by atoms with van der Waals surface area (Å²) >= 11 is 0. The van der Waals surface area contributed by atoms with E-state index < -0.39 is 16.0 Å². The fourth-order valence-electron chi connectivity index (χ4n) is 2.82. The van der Waals surface area contributed by atoms with Crippen LogP contribution in [0.3, 0.4) is 0 Å². The molecule has 0 amide bonds. The van der Waals surface area contributed by atoms with E-state index in [1.54, 1.807) is 6.92 Å². The van der Waals surface area contributed by atoms with Crippen molar-refractivity contribution < 1.29 is 18.3 Å². The summed E-state index contributed by atoms with van der Waals surface area (Å²) in [6, 6.07) is 0. The van der Waals surface area contributed by atoms with Crippen LogP contribution in [0.5, 0.6) is 0 Å². The molecule has 112 valence electrons. The van der Waals surface area contributed by atoms with Crippen molar-refractivity contribution in [2.45, 2.75) is 56.9 Å². The Morgan fingerprint density at radius 2 is 2.00 bits per heavy atom. The third-order valence-electron chi connectivity index (χ3n) is 4.19. The number of aromatic carboxylic acids is 1. The van der Waals surface area contributed by atoms with Crippen molar-refractivity contribution in [1.29, 1.82) is 0 Å². The normalized spacial score (nSPS) is 17.8. The van der Waals surface area contributed by atoms with Crippen LogP contribution < -0.4 is 4.72 Å². The largest absolute Gasteiger partial charge is 0.477 e. The van der Waals surface area contributed by atoms with Crippen LogP contribution in [0.1, 0.15) is 54.4 Å². The number of carboxylic acid groups (broad SMARTS) is 1. The standard InChI is InChI=1S/C13H20N2O4S/c1-4-13(6-5-7-13)15-20(18,19)11-8(2)10(12(16)17)14-9(11)3/h14-15H,4-7H2,1-3H3,(H,16,17). The summed E-state index contributed by atoms with van der Waals surface area (Å²) in [6.45, 7) is 5.05. The molecule has 0 unspecified atom stereocenters. The molecule has 1 fully saturated rings. The minimum Gasteiger partial charge on any atom is -0.477 e. The molecular formula is C13H20N2O4S. The smallest absolute Gasteiger partial charge is 0.352 e. The molecule has 1 aromatic rings. The molecule has 1 heterocycles. The molecule has 1 aromatic heterocycles. The highest BCUT2D eigenvalue weighted by molar-refractivity contribution is 7.89. The number of carboxylic acids is 1. The van der Waals surface area contributed by atoms with Gasteiger partial charge in [0.15, 0.2) is 0 Å². The fraction of sp³-hybridized carbons (Fsp3) is 0.615. The van der Waals surface area contributed by atoms with Crippen LogP contribution in [0.25, 0.3) is 0 Å². The van der Waals surface area contributed by atoms with Crippen molar-refractivity contribution in [2.24, 2.45) is 0 Å². The van der Waals surface area contributed by atoms with Crippen LogP contribution >= 0.6 is 0 Å². The Morgan fingerprint density at radius 1 is 1.40 bits per heavy atom. The zero-order valence-electron chi connectivity index (χ0n) is 11.9. The molecule has 2 rings (SSSR count). The summed E-state index contributed by atoms with van der Waals surface area (Å²) in [6.07, 6.45) is 3.41. The van der Waals surface area contributed by atoms with E-state index in [9.17, 15) is 13.2 Å². The van der Waals surface area contributed by atoms with Crippen LogP contribution in [-0.2, 0) is 10.0 Å². The first kappa shape index (κ1) is 15.1. The van der Waals surface area contributed by atoms with Gasteiger partial charge in [-0.15, -0.1) is 0 Å². The number of aromatic nitrogens is 1. The predicted molar refractivity (Wildman–Crippen MR) is 74.4 cm³/mol. The van der Waals surface area contributed by atoms with Crippen molar-refractivity contribution in [3.05, 3.63) is 17.0 Å². The van der Waals surface area contributed by atoms with Crippen LogP contribution in [0.15, 0.2) is 4.90 Å².